The van der Waals surface area contributed by atoms with Crippen LogP contribution in [0.3, 0.4) is 0 Å². The molecule has 0 aliphatic heterocycles. The molecule has 1 heterocycles. The lowest BCUT2D eigenvalue weighted by atomic mass is 10.1. The Morgan fingerprint density at radius 3 is 2.30 bits per heavy atom. The van der Waals surface area contributed by atoms with Crippen LogP contribution in [-0.2, 0) is 11.3 Å². The summed E-state index contributed by atoms with van der Waals surface area (Å²) in [7, 11) is 4.46. The minimum Gasteiger partial charge on any atom is -0.493 e. The number of ether oxygens (including phenoxy) is 4. The van der Waals surface area contributed by atoms with E-state index < -0.39 is 5.97 Å². The summed E-state index contributed by atoms with van der Waals surface area (Å²) < 4.78 is 23.0. The van der Waals surface area contributed by atoms with Gasteiger partial charge < -0.3 is 18.9 Å². The normalized spacial score (nSPS) is 10.3. The smallest absolute Gasteiger partial charge is 0.342 e. The summed E-state index contributed by atoms with van der Waals surface area (Å²) in [5.41, 5.74) is 2.05. The summed E-state index contributed by atoms with van der Waals surface area (Å²) in [6, 6.07) is 12.7. The molecule has 0 unspecified atom stereocenters. The van der Waals surface area contributed by atoms with Crippen molar-refractivity contribution in [3.05, 3.63) is 66.0 Å². The van der Waals surface area contributed by atoms with E-state index in [2.05, 4.69) is 5.10 Å². The zero-order chi connectivity index (χ0) is 19.2. The topological polar surface area (TPSA) is 71.8 Å². The monoisotopic (exact) mass is 368 g/mol. The Balaban J connectivity index is 1.72. The Hall–Kier alpha value is -3.48. The number of hydrogen-bond acceptors (Lipinski definition) is 6. The van der Waals surface area contributed by atoms with Gasteiger partial charge in [0.1, 0.15) is 12.2 Å². The maximum atomic E-state index is 12.5. The second kappa shape index (κ2) is 8.27. The highest BCUT2D eigenvalue weighted by molar-refractivity contribution is 5.94. The van der Waals surface area contributed by atoms with Crippen LogP contribution in [0.5, 0.6) is 17.2 Å². The van der Waals surface area contributed by atoms with E-state index in [0.29, 0.717) is 11.5 Å². The number of aromatic nitrogens is 2. The van der Waals surface area contributed by atoms with E-state index in [1.807, 2.05) is 36.5 Å². The molecule has 0 aliphatic rings. The standard InChI is InChI=1S/C20H20N2O5/c1-24-17-10-9-16(18(25-2)19(17)26-3)20(23)27-13-14-5-7-15(8-6-14)22-12-4-11-21-22/h4-12H,13H2,1-3H3. The van der Waals surface area contributed by atoms with Gasteiger partial charge in [-0.1, -0.05) is 12.1 Å². The molecule has 1 aromatic heterocycles. The van der Waals surface area contributed by atoms with E-state index in [1.54, 1.807) is 23.0 Å². The summed E-state index contributed by atoms with van der Waals surface area (Å²) in [5, 5.41) is 4.17. The largest absolute Gasteiger partial charge is 0.493 e. The Morgan fingerprint density at radius 1 is 0.963 bits per heavy atom. The van der Waals surface area contributed by atoms with Crippen LogP contribution in [0.25, 0.3) is 5.69 Å². The first kappa shape index (κ1) is 18.3. The average molecular weight is 368 g/mol. The number of hydrogen-bond donors (Lipinski definition) is 0. The molecule has 140 valence electrons. The first-order valence-electron chi connectivity index (χ1n) is 8.23. The summed E-state index contributed by atoms with van der Waals surface area (Å²) in [5.74, 6) is 0.581. The Bertz CT molecular complexity index is 905. The second-order valence-electron chi connectivity index (χ2n) is 5.58. The third-order valence-electron chi connectivity index (χ3n) is 4.00. The molecule has 3 aromatic rings. The van der Waals surface area contributed by atoms with Crippen LogP contribution in [0, 0.1) is 0 Å². The van der Waals surface area contributed by atoms with Crippen LogP contribution in [0.1, 0.15) is 15.9 Å². The SMILES string of the molecule is COc1ccc(C(=O)OCc2ccc(-n3cccn3)cc2)c(OC)c1OC. The first-order chi connectivity index (χ1) is 13.2. The molecule has 27 heavy (non-hydrogen) atoms. The molecule has 0 spiro atoms. The van der Waals surface area contributed by atoms with Crippen molar-refractivity contribution in [3.63, 3.8) is 0 Å². The van der Waals surface area contributed by atoms with Crippen molar-refractivity contribution in [1.29, 1.82) is 0 Å². The first-order valence-corrected chi connectivity index (χ1v) is 8.23. The van der Waals surface area contributed by atoms with Crippen LogP contribution >= 0.6 is 0 Å². The molecule has 0 saturated heterocycles. The van der Waals surface area contributed by atoms with Gasteiger partial charge in [-0.05, 0) is 35.9 Å². The van der Waals surface area contributed by atoms with Crippen LogP contribution < -0.4 is 14.2 Å². The van der Waals surface area contributed by atoms with E-state index in [1.165, 1.54) is 21.3 Å². The molecule has 7 nitrogen and oxygen atoms in total. The van der Waals surface area contributed by atoms with Gasteiger partial charge in [0.05, 0.1) is 27.0 Å². The van der Waals surface area contributed by atoms with Gasteiger partial charge in [-0.25, -0.2) is 9.48 Å². The van der Waals surface area contributed by atoms with Gasteiger partial charge in [0.25, 0.3) is 0 Å². The summed E-state index contributed by atoms with van der Waals surface area (Å²) in [6.07, 6.45) is 3.57. The highest BCUT2D eigenvalue weighted by atomic mass is 16.5. The molecule has 0 saturated carbocycles. The van der Waals surface area contributed by atoms with Crippen molar-refractivity contribution in [2.24, 2.45) is 0 Å². The lowest BCUT2D eigenvalue weighted by Crippen LogP contribution is -2.08. The van der Waals surface area contributed by atoms with Crippen molar-refractivity contribution < 1.29 is 23.7 Å². The molecule has 0 radical (unpaired) electrons. The maximum Gasteiger partial charge on any atom is 0.342 e. The minimum atomic E-state index is -0.510. The van der Waals surface area contributed by atoms with Crippen LogP contribution in [0.4, 0.5) is 0 Å². The van der Waals surface area contributed by atoms with Crippen molar-refractivity contribution >= 4 is 5.97 Å². The molecule has 2 aromatic carbocycles. The third kappa shape index (κ3) is 3.87. The summed E-state index contributed by atoms with van der Waals surface area (Å²) in [6.45, 7) is 0.135. The number of methoxy groups -OCH3 is 3. The van der Waals surface area contributed by atoms with E-state index in [0.717, 1.165) is 11.3 Å². The van der Waals surface area contributed by atoms with Crippen LogP contribution in [-0.4, -0.2) is 37.1 Å². The minimum absolute atomic E-state index is 0.135. The predicted molar refractivity (Wildman–Crippen MR) is 98.8 cm³/mol. The number of esters is 1. The zero-order valence-corrected chi connectivity index (χ0v) is 15.3. The Kier molecular flexibility index (Phi) is 5.61. The van der Waals surface area contributed by atoms with Crippen molar-refractivity contribution in [1.82, 2.24) is 9.78 Å². The van der Waals surface area contributed by atoms with Gasteiger partial charge in [-0.3, -0.25) is 0 Å². The van der Waals surface area contributed by atoms with Gasteiger partial charge in [-0.15, -0.1) is 0 Å². The summed E-state index contributed by atoms with van der Waals surface area (Å²) in [4.78, 5) is 12.5. The molecule has 0 amide bonds. The van der Waals surface area contributed by atoms with Crippen molar-refractivity contribution in [2.75, 3.05) is 21.3 Å². The molecule has 0 aliphatic carbocycles. The molecule has 0 bridgehead atoms. The average Bonchev–Trinajstić information content (AvgIpc) is 3.25. The van der Waals surface area contributed by atoms with Gasteiger partial charge in [0, 0.05) is 12.4 Å². The van der Waals surface area contributed by atoms with Crippen LogP contribution in [0.15, 0.2) is 54.9 Å². The molecule has 0 fully saturated rings. The maximum absolute atomic E-state index is 12.5. The van der Waals surface area contributed by atoms with E-state index >= 15 is 0 Å². The van der Waals surface area contributed by atoms with E-state index in [9.17, 15) is 4.79 Å². The Morgan fingerprint density at radius 2 is 1.70 bits per heavy atom. The lowest BCUT2D eigenvalue weighted by molar-refractivity contribution is 0.0468. The molecule has 0 N–H and O–H groups in total. The van der Waals surface area contributed by atoms with Crippen molar-refractivity contribution in [3.8, 4) is 22.9 Å². The molecule has 3 rings (SSSR count). The molecular weight excluding hydrogens is 348 g/mol. The number of carbonyl (C=O) groups is 1. The molecule has 7 heteroatoms. The van der Waals surface area contributed by atoms with Crippen molar-refractivity contribution in [2.45, 2.75) is 6.61 Å². The van der Waals surface area contributed by atoms with E-state index in [4.69, 9.17) is 18.9 Å². The fourth-order valence-corrected chi connectivity index (χ4v) is 2.66. The quantitative estimate of drug-likeness (QED) is 0.596. The van der Waals surface area contributed by atoms with Crippen LogP contribution in [0.2, 0.25) is 0 Å². The highest BCUT2D eigenvalue weighted by Crippen LogP contribution is 2.40. The highest BCUT2D eigenvalue weighted by Gasteiger charge is 2.21. The number of rotatable bonds is 7. The van der Waals surface area contributed by atoms with Gasteiger partial charge in [-0.2, -0.15) is 5.10 Å². The third-order valence-corrected chi connectivity index (χ3v) is 4.00. The summed E-state index contributed by atoms with van der Waals surface area (Å²) >= 11 is 0. The second-order valence-corrected chi connectivity index (χ2v) is 5.58. The number of benzene rings is 2. The lowest BCUT2D eigenvalue weighted by Gasteiger charge is -2.15. The number of nitrogens with zero attached hydrogens (tertiary/aromatic N) is 2. The van der Waals surface area contributed by atoms with E-state index in [-0.39, 0.29) is 17.9 Å². The molecule has 0 atom stereocenters. The Labute approximate surface area is 157 Å². The van der Waals surface area contributed by atoms with Gasteiger partial charge >= 0.3 is 5.97 Å². The predicted octanol–water partition coefficient (Wildman–Crippen LogP) is 3.26. The molecular formula is C20H20N2O5. The fourth-order valence-electron chi connectivity index (χ4n) is 2.66. The van der Waals surface area contributed by atoms with Gasteiger partial charge in [0.15, 0.2) is 11.5 Å². The zero-order valence-electron chi connectivity index (χ0n) is 15.3. The van der Waals surface area contributed by atoms with Gasteiger partial charge in [0.2, 0.25) is 5.75 Å². The fraction of sp³-hybridized carbons (Fsp3) is 0.200. The number of carbonyl (C=O) groups excluding carboxylic acids is 1.